The number of sulfonamides is 1. The van der Waals surface area contributed by atoms with Crippen molar-refractivity contribution >= 4 is 27.3 Å². The summed E-state index contributed by atoms with van der Waals surface area (Å²) in [6.45, 7) is 0. The predicted octanol–water partition coefficient (Wildman–Crippen LogP) is 1.35. The van der Waals surface area contributed by atoms with Crippen molar-refractivity contribution in [2.75, 3.05) is 0 Å². The molecular formula is C12H14N2O4S2. The number of carboxylic acids is 1. The highest BCUT2D eigenvalue weighted by atomic mass is 32.2. The van der Waals surface area contributed by atoms with Gasteiger partial charge in [-0.1, -0.05) is 6.42 Å². The van der Waals surface area contributed by atoms with Crippen LogP contribution in [0.3, 0.4) is 0 Å². The number of rotatable bonds is 5. The van der Waals surface area contributed by atoms with Crippen LogP contribution in [0.1, 0.15) is 24.1 Å². The molecule has 2 unspecified atom stereocenters. The molecule has 1 saturated carbocycles. The fourth-order valence-corrected chi connectivity index (χ4v) is 4.93. The summed E-state index contributed by atoms with van der Waals surface area (Å²) >= 11 is 0.946. The van der Waals surface area contributed by atoms with Crippen molar-refractivity contribution in [3.8, 4) is 6.07 Å². The Morgan fingerprint density at radius 3 is 2.90 bits per heavy atom. The highest BCUT2D eigenvalue weighted by Crippen LogP contribution is 2.28. The van der Waals surface area contributed by atoms with Crippen LogP contribution in [0.25, 0.3) is 0 Å². The molecule has 108 valence electrons. The number of hydrogen-bond acceptors (Lipinski definition) is 5. The molecule has 2 N–H and O–H groups in total. The van der Waals surface area contributed by atoms with Crippen molar-refractivity contribution in [3.05, 3.63) is 17.0 Å². The molecule has 0 bridgehead atoms. The highest BCUT2D eigenvalue weighted by Gasteiger charge is 2.31. The molecule has 0 saturated heterocycles. The Bertz CT molecular complexity index is 645. The monoisotopic (exact) mass is 314 g/mol. The first-order chi connectivity index (χ1) is 9.42. The van der Waals surface area contributed by atoms with Crippen molar-refractivity contribution < 1.29 is 18.3 Å². The third-order valence-electron chi connectivity index (χ3n) is 3.22. The van der Waals surface area contributed by atoms with Gasteiger partial charge in [0.05, 0.1) is 18.4 Å². The van der Waals surface area contributed by atoms with Crippen LogP contribution in [0.4, 0.5) is 0 Å². The molecule has 0 radical (unpaired) electrons. The summed E-state index contributed by atoms with van der Waals surface area (Å²) in [5.74, 6) is -1.28. The molecule has 2 rings (SSSR count). The van der Waals surface area contributed by atoms with E-state index in [1.165, 1.54) is 12.1 Å². The zero-order valence-electron chi connectivity index (χ0n) is 10.6. The lowest BCUT2D eigenvalue weighted by Gasteiger charge is -2.14. The van der Waals surface area contributed by atoms with Gasteiger partial charge in [-0.2, -0.15) is 5.26 Å². The topological polar surface area (TPSA) is 107 Å². The first-order valence-corrected chi connectivity index (χ1v) is 8.45. The first-order valence-electron chi connectivity index (χ1n) is 6.15. The molecule has 1 heterocycles. The molecule has 1 aromatic heterocycles. The van der Waals surface area contributed by atoms with Gasteiger partial charge >= 0.3 is 5.97 Å². The zero-order valence-corrected chi connectivity index (χ0v) is 12.2. The fourth-order valence-electron chi connectivity index (χ4n) is 2.26. The Kier molecular flexibility index (Phi) is 4.42. The van der Waals surface area contributed by atoms with Crippen molar-refractivity contribution in [2.24, 2.45) is 5.92 Å². The average molecular weight is 314 g/mol. The van der Waals surface area contributed by atoms with E-state index in [2.05, 4.69) is 10.8 Å². The van der Waals surface area contributed by atoms with Gasteiger partial charge in [-0.3, -0.25) is 4.79 Å². The number of carboxylic acid groups (broad SMARTS) is 1. The van der Waals surface area contributed by atoms with Gasteiger partial charge in [-0.05, 0) is 25.0 Å². The van der Waals surface area contributed by atoms with E-state index in [0.717, 1.165) is 17.8 Å². The number of thiophene rings is 1. The van der Waals surface area contributed by atoms with E-state index < -0.39 is 16.0 Å². The average Bonchev–Trinajstić information content (AvgIpc) is 2.97. The van der Waals surface area contributed by atoms with Gasteiger partial charge in [0, 0.05) is 10.9 Å². The molecule has 1 aromatic rings. The van der Waals surface area contributed by atoms with Crippen LogP contribution in [0, 0.1) is 17.2 Å². The van der Waals surface area contributed by atoms with Gasteiger partial charge in [0.2, 0.25) is 10.0 Å². The number of carbonyl (C=O) groups is 1. The third-order valence-corrected chi connectivity index (χ3v) is 6.28. The molecule has 2 atom stereocenters. The molecule has 6 nitrogen and oxygen atoms in total. The second-order valence-corrected chi connectivity index (χ2v) is 7.79. The quantitative estimate of drug-likeness (QED) is 0.853. The van der Waals surface area contributed by atoms with E-state index in [9.17, 15) is 13.2 Å². The Hall–Kier alpha value is -1.43. The Balaban J connectivity index is 2.12. The van der Waals surface area contributed by atoms with E-state index in [1.54, 1.807) is 0 Å². The van der Waals surface area contributed by atoms with E-state index in [1.807, 2.05) is 0 Å². The van der Waals surface area contributed by atoms with Crippen molar-refractivity contribution in [2.45, 2.75) is 35.9 Å². The van der Waals surface area contributed by atoms with Crippen molar-refractivity contribution in [3.63, 3.8) is 0 Å². The number of nitriles is 1. The predicted molar refractivity (Wildman–Crippen MR) is 72.7 cm³/mol. The maximum Gasteiger partial charge on any atom is 0.308 e. The molecule has 0 aromatic carbocycles. The van der Waals surface area contributed by atoms with Gasteiger partial charge in [-0.15, -0.1) is 11.3 Å². The molecule has 0 spiro atoms. The van der Waals surface area contributed by atoms with Crippen LogP contribution in [0.15, 0.2) is 16.3 Å². The number of hydrogen-bond donors (Lipinski definition) is 2. The standard InChI is InChI=1S/C12H14N2O4S2/c13-7-8-2-1-3-10(8)14-20(17,18)12-5-4-9(19-12)6-11(15)16/h4-5,8,10,14H,1-3,6H2,(H,15,16). The van der Waals surface area contributed by atoms with Crippen LogP contribution < -0.4 is 4.72 Å². The molecule has 20 heavy (non-hydrogen) atoms. The molecule has 1 fully saturated rings. The van der Waals surface area contributed by atoms with E-state index in [-0.39, 0.29) is 22.6 Å². The molecule has 1 aliphatic rings. The smallest absolute Gasteiger partial charge is 0.308 e. The summed E-state index contributed by atoms with van der Waals surface area (Å²) in [5.41, 5.74) is 0. The largest absolute Gasteiger partial charge is 0.481 e. The summed E-state index contributed by atoms with van der Waals surface area (Å²) in [7, 11) is -3.68. The lowest BCUT2D eigenvalue weighted by atomic mass is 10.1. The molecular weight excluding hydrogens is 300 g/mol. The lowest BCUT2D eigenvalue weighted by molar-refractivity contribution is -0.136. The number of nitrogens with zero attached hydrogens (tertiary/aromatic N) is 1. The Morgan fingerprint density at radius 1 is 1.50 bits per heavy atom. The minimum Gasteiger partial charge on any atom is -0.481 e. The van der Waals surface area contributed by atoms with Gasteiger partial charge in [0.1, 0.15) is 4.21 Å². The van der Waals surface area contributed by atoms with Crippen molar-refractivity contribution in [1.29, 1.82) is 5.26 Å². The summed E-state index contributed by atoms with van der Waals surface area (Å²) in [5, 5.41) is 17.6. The molecule has 0 aliphatic heterocycles. The van der Waals surface area contributed by atoms with E-state index in [4.69, 9.17) is 10.4 Å². The maximum absolute atomic E-state index is 12.2. The SMILES string of the molecule is N#CC1CCCC1NS(=O)(=O)c1ccc(CC(=O)O)s1. The van der Waals surface area contributed by atoms with Gasteiger partial charge in [0.25, 0.3) is 0 Å². The Morgan fingerprint density at radius 2 is 2.25 bits per heavy atom. The van der Waals surface area contributed by atoms with E-state index in [0.29, 0.717) is 17.7 Å². The number of nitrogens with one attached hydrogen (secondary N) is 1. The van der Waals surface area contributed by atoms with E-state index >= 15 is 0 Å². The first kappa shape index (κ1) is 15.0. The molecule has 0 amide bonds. The third kappa shape index (κ3) is 3.36. The fraction of sp³-hybridized carbons (Fsp3) is 0.500. The summed E-state index contributed by atoms with van der Waals surface area (Å²) in [6.07, 6.45) is 2.01. The Labute approximate surface area is 121 Å². The number of aliphatic carboxylic acids is 1. The van der Waals surface area contributed by atoms with Crippen molar-refractivity contribution in [1.82, 2.24) is 4.72 Å². The van der Waals surface area contributed by atoms with Gasteiger partial charge in [-0.25, -0.2) is 13.1 Å². The van der Waals surface area contributed by atoms with Crippen LogP contribution >= 0.6 is 11.3 Å². The molecule has 1 aliphatic carbocycles. The van der Waals surface area contributed by atoms with Crippen LogP contribution in [-0.4, -0.2) is 25.5 Å². The maximum atomic E-state index is 12.2. The highest BCUT2D eigenvalue weighted by molar-refractivity contribution is 7.91. The second-order valence-electron chi connectivity index (χ2n) is 4.69. The molecule has 8 heteroatoms. The van der Waals surface area contributed by atoms with Crippen LogP contribution in [0.5, 0.6) is 0 Å². The lowest BCUT2D eigenvalue weighted by Crippen LogP contribution is -2.36. The summed E-state index contributed by atoms with van der Waals surface area (Å²) in [4.78, 5) is 11.1. The van der Waals surface area contributed by atoms with Crippen LogP contribution in [0.2, 0.25) is 0 Å². The van der Waals surface area contributed by atoms with Gasteiger partial charge in [0.15, 0.2) is 0 Å². The second kappa shape index (κ2) is 5.91. The normalized spacial score (nSPS) is 22.6. The minimum absolute atomic E-state index is 0.0948. The minimum atomic E-state index is -3.68. The zero-order chi connectivity index (χ0) is 14.8. The van der Waals surface area contributed by atoms with Crippen LogP contribution in [-0.2, 0) is 21.2 Å². The summed E-state index contributed by atoms with van der Waals surface area (Å²) < 4.78 is 27.0. The van der Waals surface area contributed by atoms with Gasteiger partial charge < -0.3 is 5.11 Å². The summed E-state index contributed by atoms with van der Waals surface area (Å²) in [6, 6.07) is 4.67.